The Labute approximate surface area is 163 Å². The number of aryl methyl sites for hydroxylation is 1. The van der Waals surface area contributed by atoms with Crippen LogP contribution in [0.25, 0.3) is 5.82 Å². The van der Waals surface area contributed by atoms with Crippen LogP contribution in [0, 0.1) is 6.92 Å². The van der Waals surface area contributed by atoms with Crippen LogP contribution in [0.15, 0.2) is 48.8 Å². The standard InChI is InChI=1S/C21H23N5O2/c1-13(2)19-16(12-24-26(19)18-7-5-6-10-23-18)21(28)25-17-9-8-15(11-14(17)3)20(27)22-4/h5-13H,1-4H3,(H,22,27)(H,25,28). The first kappa shape index (κ1) is 19.3. The molecule has 0 aliphatic heterocycles. The van der Waals surface area contributed by atoms with E-state index >= 15 is 0 Å². The van der Waals surface area contributed by atoms with Gasteiger partial charge in [-0.25, -0.2) is 9.67 Å². The molecule has 0 fully saturated rings. The smallest absolute Gasteiger partial charge is 0.259 e. The molecule has 2 aromatic heterocycles. The topological polar surface area (TPSA) is 88.9 Å². The summed E-state index contributed by atoms with van der Waals surface area (Å²) >= 11 is 0. The Morgan fingerprint density at radius 1 is 1.11 bits per heavy atom. The Kier molecular flexibility index (Phi) is 5.54. The SMILES string of the molecule is CNC(=O)c1ccc(NC(=O)c2cnn(-c3ccccn3)c2C(C)C)c(C)c1. The molecule has 28 heavy (non-hydrogen) atoms. The largest absolute Gasteiger partial charge is 0.355 e. The van der Waals surface area contributed by atoms with Crippen molar-refractivity contribution in [1.29, 1.82) is 0 Å². The average molecular weight is 377 g/mol. The van der Waals surface area contributed by atoms with E-state index < -0.39 is 0 Å². The molecule has 7 heteroatoms. The van der Waals surface area contributed by atoms with Gasteiger partial charge in [0.05, 0.1) is 17.5 Å². The van der Waals surface area contributed by atoms with E-state index in [-0.39, 0.29) is 17.7 Å². The van der Waals surface area contributed by atoms with Crippen molar-refractivity contribution in [2.75, 3.05) is 12.4 Å². The van der Waals surface area contributed by atoms with Gasteiger partial charge in [0.15, 0.2) is 5.82 Å². The average Bonchev–Trinajstić information content (AvgIpc) is 3.15. The number of rotatable bonds is 5. The molecule has 7 nitrogen and oxygen atoms in total. The molecule has 2 amide bonds. The summed E-state index contributed by atoms with van der Waals surface area (Å²) in [4.78, 5) is 29.0. The van der Waals surface area contributed by atoms with E-state index in [9.17, 15) is 9.59 Å². The third kappa shape index (κ3) is 3.78. The van der Waals surface area contributed by atoms with Gasteiger partial charge in [-0.2, -0.15) is 5.10 Å². The van der Waals surface area contributed by atoms with Gasteiger partial charge < -0.3 is 10.6 Å². The lowest BCUT2D eigenvalue weighted by molar-refractivity contribution is 0.0962. The van der Waals surface area contributed by atoms with Crippen molar-refractivity contribution >= 4 is 17.5 Å². The lowest BCUT2D eigenvalue weighted by Gasteiger charge is -2.13. The number of carbonyl (C=O) groups excluding carboxylic acids is 2. The second-order valence-corrected chi connectivity index (χ2v) is 6.76. The predicted octanol–water partition coefficient (Wildman–Crippen LogP) is 3.31. The minimum Gasteiger partial charge on any atom is -0.355 e. The number of hydrogen-bond donors (Lipinski definition) is 2. The highest BCUT2D eigenvalue weighted by molar-refractivity contribution is 6.06. The fraction of sp³-hybridized carbons (Fsp3) is 0.238. The summed E-state index contributed by atoms with van der Waals surface area (Å²) < 4.78 is 1.70. The molecule has 3 aromatic rings. The third-order valence-corrected chi connectivity index (χ3v) is 4.43. The van der Waals surface area contributed by atoms with Gasteiger partial charge in [0.25, 0.3) is 11.8 Å². The van der Waals surface area contributed by atoms with Crippen LogP contribution in [-0.2, 0) is 0 Å². The summed E-state index contributed by atoms with van der Waals surface area (Å²) in [5, 5.41) is 9.90. The highest BCUT2D eigenvalue weighted by Gasteiger charge is 2.22. The molecule has 2 N–H and O–H groups in total. The molecule has 0 bridgehead atoms. The Morgan fingerprint density at radius 2 is 1.89 bits per heavy atom. The quantitative estimate of drug-likeness (QED) is 0.714. The van der Waals surface area contributed by atoms with Crippen LogP contribution in [0.2, 0.25) is 0 Å². The summed E-state index contributed by atoms with van der Waals surface area (Å²) in [6.45, 7) is 5.87. The zero-order valence-corrected chi connectivity index (χ0v) is 16.4. The summed E-state index contributed by atoms with van der Waals surface area (Å²) in [5.74, 6) is 0.319. The Morgan fingerprint density at radius 3 is 2.50 bits per heavy atom. The van der Waals surface area contributed by atoms with E-state index in [1.807, 2.05) is 39.0 Å². The molecular formula is C21H23N5O2. The van der Waals surface area contributed by atoms with Crippen LogP contribution in [-0.4, -0.2) is 33.6 Å². The Balaban J connectivity index is 1.91. The Bertz CT molecular complexity index is 1010. The van der Waals surface area contributed by atoms with Crippen molar-refractivity contribution in [3.8, 4) is 5.82 Å². The summed E-state index contributed by atoms with van der Waals surface area (Å²) in [7, 11) is 1.58. The van der Waals surface area contributed by atoms with Crippen LogP contribution in [0.5, 0.6) is 0 Å². The number of hydrogen-bond acceptors (Lipinski definition) is 4. The second kappa shape index (κ2) is 8.04. The third-order valence-electron chi connectivity index (χ3n) is 4.43. The zero-order chi connectivity index (χ0) is 20.3. The highest BCUT2D eigenvalue weighted by atomic mass is 16.2. The molecule has 0 spiro atoms. The van der Waals surface area contributed by atoms with E-state index in [1.165, 1.54) is 0 Å². The van der Waals surface area contributed by atoms with Crippen molar-refractivity contribution < 1.29 is 9.59 Å². The van der Waals surface area contributed by atoms with Crippen molar-refractivity contribution in [1.82, 2.24) is 20.1 Å². The normalized spacial score (nSPS) is 10.8. The van der Waals surface area contributed by atoms with Gasteiger partial charge >= 0.3 is 0 Å². The van der Waals surface area contributed by atoms with Crippen molar-refractivity contribution in [2.45, 2.75) is 26.7 Å². The second-order valence-electron chi connectivity index (χ2n) is 6.76. The predicted molar refractivity (Wildman–Crippen MR) is 108 cm³/mol. The number of carbonyl (C=O) groups is 2. The van der Waals surface area contributed by atoms with Gasteiger partial charge in [0, 0.05) is 24.5 Å². The van der Waals surface area contributed by atoms with Gasteiger partial charge in [-0.15, -0.1) is 0 Å². The van der Waals surface area contributed by atoms with Gasteiger partial charge in [-0.1, -0.05) is 19.9 Å². The molecule has 0 saturated carbocycles. The number of amides is 2. The van der Waals surface area contributed by atoms with Crippen LogP contribution in [0.3, 0.4) is 0 Å². The minimum atomic E-state index is -0.248. The first-order valence-corrected chi connectivity index (χ1v) is 9.05. The van der Waals surface area contributed by atoms with Crippen LogP contribution >= 0.6 is 0 Å². The number of nitrogens with one attached hydrogen (secondary N) is 2. The lowest BCUT2D eigenvalue weighted by Crippen LogP contribution is -2.19. The zero-order valence-electron chi connectivity index (χ0n) is 16.4. The van der Waals surface area contributed by atoms with Gasteiger partial charge in [0.1, 0.15) is 0 Å². The molecular weight excluding hydrogens is 354 g/mol. The molecule has 0 radical (unpaired) electrons. The summed E-state index contributed by atoms with van der Waals surface area (Å²) in [6, 6.07) is 10.7. The molecule has 0 aliphatic carbocycles. The maximum Gasteiger partial charge on any atom is 0.259 e. The molecule has 0 atom stereocenters. The fourth-order valence-electron chi connectivity index (χ4n) is 3.03. The fourth-order valence-corrected chi connectivity index (χ4v) is 3.03. The van der Waals surface area contributed by atoms with Crippen molar-refractivity contribution in [3.05, 3.63) is 71.2 Å². The van der Waals surface area contributed by atoms with Gasteiger partial charge in [-0.3, -0.25) is 9.59 Å². The maximum atomic E-state index is 12.9. The van der Waals surface area contributed by atoms with Gasteiger partial charge in [-0.05, 0) is 48.7 Å². The van der Waals surface area contributed by atoms with E-state index in [0.717, 1.165) is 11.3 Å². The number of anilines is 1. The first-order chi connectivity index (χ1) is 13.4. The van der Waals surface area contributed by atoms with E-state index in [1.54, 1.807) is 42.3 Å². The number of nitrogens with zero attached hydrogens (tertiary/aromatic N) is 3. The Hall–Kier alpha value is -3.48. The maximum absolute atomic E-state index is 12.9. The molecule has 0 aliphatic rings. The van der Waals surface area contributed by atoms with Crippen molar-refractivity contribution in [2.24, 2.45) is 0 Å². The van der Waals surface area contributed by atoms with Crippen LogP contribution in [0.4, 0.5) is 5.69 Å². The van der Waals surface area contributed by atoms with E-state index in [2.05, 4.69) is 20.7 Å². The molecule has 1 aromatic carbocycles. The number of pyridine rings is 1. The van der Waals surface area contributed by atoms with Gasteiger partial charge in [0.2, 0.25) is 0 Å². The van der Waals surface area contributed by atoms with E-state index in [4.69, 9.17) is 0 Å². The molecule has 0 saturated heterocycles. The molecule has 2 heterocycles. The summed E-state index contributed by atoms with van der Waals surface area (Å²) in [6.07, 6.45) is 3.26. The van der Waals surface area contributed by atoms with Crippen LogP contribution < -0.4 is 10.6 Å². The molecule has 144 valence electrons. The van der Waals surface area contributed by atoms with Crippen LogP contribution in [0.1, 0.15) is 51.7 Å². The molecule has 0 unspecified atom stereocenters. The first-order valence-electron chi connectivity index (χ1n) is 9.05. The highest BCUT2D eigenvalue weighted by Crippen LogP contribution is 2.24. The number of aromatic nitrogens is 3. The lowest BCUT2D eigenvalue weighted by atomic mass is 10.0. The number of benzene rings is 1. The summed E-state index contributed by atoms with van der Waals surface area (Å²) in [5.41, 5.74) is 3.28. The minimum absolute atomic E-state index is 0.0713. The molecule has 3 rings (SSSR count). The monoisotopic (exact) mass is 377 g/mol. The van der Waals surface area contributed by atoms with Crippen molar-refractivity contribution in [3.63, 3.8) is 0 Å². The van der Waals surface area contributed by atoms with E-state index in [0.29, 0.717) is 22.6 Å².